The van der Waals surface area contributed by atoms with E-state index in [9.17, 15) is 14.0 Å². The summed E-state index contributed by atoms with van der Waals surface area (Å²) in [4.78, 5) is 34.7. The molecule has 0 saturated carbocycles. The lowest BCUT2D eigenvalue weighted by atomic mass is 10.00. The number of aldehydes is 1. The van der Waals surface area contributed by atoms with Crippen molar-refractivity contribution < 1.29 is 18.7 Å². The minimum Gasteiger partial charge on any atom is -0.496 e. The molecule has 206 valence electrons. The number of nitrogens with two attached hydrogens (primary N) is 1. The number of fused-ring (bicyclic) bond motifs is 1. The Labute approximate surface area is 235 Å². The van der Waals surface area contributed by atoms with Crippen LogP contribution in [0.5, 0.6) is 5.75 Å². The van der Waals surface area contributed by atoms with E-state index in [-0.39, 0.29) is 23.8 Å². The first-order valence-electron chi connectivity index (χ1n) is 13.2. The average Bonchev–Trinajstić information content (AvgIpc) is 3.36. The molecule has 0 aliphatic carbocycles. The maximum atomic E-state index is 13.7. The van der Waals surface area contributed by atoms with Crippen LogP contribution in [0.2, 0.25) is 0 Å². The van der Waals surface area contributed by atoms with E-state index >= 15 is 0 Å². The molecule has 2 aromatic heterocycles. The number of carbonyl (C=O) groups excluding carboxylic acids is 2. The molecule has 10 heteroatoms. The normalized spacial score (nSPS) is 13.3. The molecule has 0 amide bonds. The van der Waals surface area contributed by atoms with Crippen LogP contribution in [0.15, 0.2) is 73.1 Å². The van der Waals surface area contributed by atoms with Gasteiger partial charge in [0.15, 0.2) is 11.4 Å². The Morgan fingerprint density at radius 1 is 1.07 bits per heavy atom. The molecule has 3 aromatic carbocycles. The smallest absolute Gasteiger partial charge is 0.167 e. The third-order valence-electron chi connectivity index (χ3n) is 7.45. The summed E-state index contributed by atoms with van der Waals surface area (Å²) in [6.45, 7) is 1.48. The predicted molar refractivity (Wildman–Crippen MR) is 154 cm³/mol. The van der Waals surface area contributed by atoms with Crippen molar-refractivity contribution in [2.45, 2.75) is 18.9 Å². The summed E-state index contributed by atoms with van der Waals surface area (Å²) in [5.74, 6) is 0.0561. The van der Waals surface area contributed by atoms with Crippen LogP contribution in [-0.2, 0) is 6.42 Å². The number of aromatic nitrogens is 4. The Kier molecular flexibility index (Phi) is 6.88. The highest BCUT2D eigenvalue weighted by atomic mass is 19.1. The van der Waals surface area contributed by atoms with Crippen molar-refractivity contribution in [3.63, 3.8) is 0 Å². The van der Waals surface area contributed by atoms with Gasteiger partial charge in [0.05, 0.1) is 24.1 Å². The molecule has 5 aromatic rings. The fraction of sp³-hybridized carbons (Fsp3) is 0.194. The maximum Gasteiger partial charge on any atom is 0.167 e. The lowest BCUT2D eigenvalue weighted by molar-refractivity contribution is 0.0979. The van der Waals surface area contributed by atoms with Crippen molar-refractivity contribution in [3.05, 3.63) is 95.6 Å². The van der Waals surface area contributed by atoms with Gasteiger partial charge in [-0.05, 0) is 54.4 Å². The third-order valence-corrected chi connectivity index (χ3v) is 7.45. The van der Waals surface area contributed by atoms with Gasteiger partial charge in [0.1, 0.15) is 35.7 Å². The van der Waals surface area contributed by atoms with E-state index in [1.807, 2.05) is 53.2 Å². The molecule has 0 atom stereocenters. The molecule has 1 fully saturated rings. The number of rotatable bonds is 9. The molecule has 1 aliphatic heterocycles. The second-order valence-electron chi connectivity index (χ2n) is 9.98. The second kappa shape index (κ2) is 10.8. The van der Waals surface area contributed by atoms with Crippen LogP contribution in [0, 0.1) is 5.82 Å². The molecule has 1 saturated heterocycles. The lowest BCUT2D eigenvalue weighted by Crippen LogP contribution is -2.48. The number of nitrogens with zero attached hydrogens (tertiary/aromatic N) is 5. The first-order valence-corrected chi connectivity index (χ1v) is 13.2. The van der Waals surface area contributed by atoms with Crippen molar-refractivity contribution in [1.82, 2.24) is 19.7 Å². The zero-order valence-electron chi connectivity index (χ0n) is 22.3. The third kappa shape index (κ3) is 5.00. The van der Waals surface area contributed by atoms with E-state index in [1.54, 1.807) is 0 Å². The van der Waals surface area contributed by atoms with Crippen LogP contribution in [0.1, 0.15) is 38.7 Å². The Morgan fingerprint density at radius 3 is 2.54 bits per heavy atom. The van der Waals surface area contributed by atoms with Gasteiger partial charge in [-0.1, -0.05) is 24.3 Å². The zero-order valence-corrected chi connectivity index (χ0v) is 22.3. The number of hydrogen-bond donors (Lipinski definition) is 1. The van der Waals surface area contributed by atoms with E-state index in [1.165, 1.54) is 31.6 Å². The van der Waals surface area contributed by atoms with E-state index < -0.39 is 5.82 Å². The molecule has 3 heterocycles. The molecule has 0 unspecified atom stereocenters. The molecule has 9 nitrogen and oxygen atoms in total. The van der Waals surface area contributed by atoms with Crippen molar-refractivity contribution in [1.29, 1.82) is 0 Å². The lowest BCUT2D eigenvalue weighted by Gasteiger charge is -2.41. The molecule has 0 bridgehead atoms. The summed E-state index contributed by atoms with van der Waals surface area (Å²) in [6, 6.07) is 19.3. The number of methoxy groups -OCH3 is 1. The number of carbonyl (C=O) groups is 2. The summed E-state index contributed by atoms with van der Waals surface area (Å²) in [6.07, 6.45) is 2.99. The van der Waals surface area contributed by atoms with Crippen molar-refractivity contribution in [2.24, 2.45) is 0 Å². The molecule has 41 heavy (non-hydrogen) atoms. The fourth-order valence-electron chi connectivity index (χ4n) is 5.16. The molecule has 6 rings (SSSR count). The SMILES string of the molecule is COc1ccc(F)cc1C(=O)CCc1ccc(-c2nn(C3CN(c4ccc(C=O)cc4)C3)c3ncnc(N)c23)cc1. The number of ketones is 1. The van der Waals surface area contributed by atoms with Gasteiger partial charge in [-0.25, -0.2) is 19.0 Å². The second-order valence-corrected chi connectivity index (χ2v) is 9.98. The van der Waals surface area contributed by atoms with Crippen LogP contribution in [0.25, 0.3) is 22.3 Å². The number of nitrogen functional groups attached to an aromatic ring is 1. The van der Waals surface area contributed by atoms with Crippen molar-refractivity contribution >= 4 is 34.6 Å². The minimum atomic E-state index is -0.476. The van der Waals surface area contributed by atoms with Gasteiger partial charge in [-0.2, -0.15) is 5.10 Å². The van der Waals surface area contributed by atoms with Gasteiger partial charge in [-0.3, -0.25) is 9.59 Å². The average molecular weight is 551 g/mol. The van der Waals surface area contributed by atoms with Gasteiger partial charge < -0.3 is 15.4 Å². The van der Waals surface area contributed by atoms with Crippen LogP contribution < -0.4 is 15.4 Å². The summed E-state index contributed by atoms with van der Waals surface area (Å²) < 4.78 is 20.8. The number of aryl methyl sites for hydroxylation is 1. The fourth-order valence-corrected chi connectivity index (χ4v) is 5.16. The van der Waals surface area contributed by atoms with Gasteiger partial charge >= 0.3 is 0 Å². The van der Waals surface area contributed by atoms with Crippen molar-refractivity contribution in [2.75, 3.05) is 30.8 Å². The van der Waals surface area contributed by atoms with Crippen LogP contribution in [-0.4, -0.2) is 52.0 Å². The monoisotopic (exact) mass is 550 g/mol. The highest BCUT2D eigenvalue weighted by Gasteiger charge is 2.32. The number of anilines is 2. The molecule has 1 aliphatic rings. The van der Waals surface area contributed by atoms with E-state index in [0.717, 1.165) is 36.2 Å². The minimum absolute atomic E-state index is 0.0939. The first kappa shape index (κ1) is 26.1. The van der Waals surface area contributed by atoms with Crippen LogP contribution >= 0.6 is 0 Å². The standard InChI is InChI=1S/C31H27FN6O3/c1-41-27-13-9-22(32)14-25(27)26(40)12-6-19-2-7-21(8-3-19)29-28-30(33)34-18-35-31(28)38(36-29)24-15-37(16-24)23-10-4-20(17-39)5-11-23/h2-5,7-11,13-14,17-18,24H,6,12,15-16H2,1H3,(H2,33,34,35). The number of benzene rings is 3. The predicted octanol–water partition coefficient (Wildman–Crippen LogP) is 4.91. The number of hydrogen-bond acceptors (Lipinski definition) is 8. The number of Topliss-reactive ketones (excluding diaryl/α,β-unsaturated/α-hetero) is 1. The Hall–Kier alpha value is -5.12. The van der Waals surface area contributed by atoms with Gasteiger partial charge in [-0.15, -0.1) is 0 Å². The van der Waals surface area contributed by atoms with Gasteiger partial charge in [0, 0.05) is 36.3 Å². The van der Waals surface area contributed by atoms with Crippen LogP contribution in [0.3, 0.4) is 0 Å². The van der Waals surface area contributed by atoms with Crippen molar-refractivity contribution in [3.8, 4) is 17.0 Å². The summed E-state index contributed by atoms with van der Waals surface area (Å²) >= 11 is 0. The van der Waals surface area contributed by atoms with E-state index in [0.29, 0.717) is 40.3 Å². The molecule has 0 radical (unpaired) electrons. The summed E-state index contributed by atoms with van der Waals surface area (Å²) in [5, 5.41) is 5.62. The number of ether oxygens (including phenoxy) is 1. The topological polar surface area (TPSA) is 116 Å². The van der Waals surface area contributed by atoms with Gasteiger partial charge in [0.2, 0.25) is 0 Å². The molecule has 2 N–H and O–H groups in total. The Balaban J connectivity index is 1.20. The molecular formula is C31H27FN6O3. The summed E-state index contributed by atoms with van der Waals surface area (Å²) in [5.41, 5.74) is 11.4. The zero-order chi connectivity index (χ0) is 28.5. The van der Waals surface area contributed by atoms with Gasteiger partial charge in [0.25, 0.3) is 0 Å². The molecule has 0 spiro atoms. The maximum absolute atomic E-state index is 13.7. The Bertz CT molecular complexity index is 1750. The van der Waals surface area contributed by atoms with E-state index in [4.69, 9.17) is 15.6 Å². The van der Waals surface area contributed by atoms with Crippen LogP contribution in [0.4, 0.5) is 15.9 Å². The summed E-state index contributed by atoms with van der Waals surface area (Å²) in [7, 11) is 1.46. The largest absolute Gasteiger partial charge is 0.496 e. The highest BCUT2D eigenvalue weighted by molar-refractivity contribution is 5.99. The quantitative estimate of drug-likeness (QED) is 0.203. The number of halogens is 1. The first-order chi connectivity index (χ1) is 19.9. The Morgan fingerprint density at radius 2 is 1.83 bits per heavy atom. The molecular weight excluding hydrogens is 523 g/mol. The van der Waals surface area contributed by atoms with E-state index in [2.05, 4.69) is 14.9 Å². The highest BCUT2D eigenvalue weighted by Crippen LogP contribution is 2.35.